The summed E-state index contributed by atoms with van der Waals surface area (Å²) >= 11 is 7.03. The van der Waals surface area contributed by atoms with Gasteiger partial charge in [-0.3, -0.25) is 0 Å². The van der Waals surface area contributed by atoms with E-state index in [1.807, 2.05) is 0 Å². The van der Waals surface area contributed by atoms with Crippen LogP contribution in [0.2, 0.25) is 0 Å². The quantitative estimate of drug-likeness (QED) is 0.158. The van der Waals surface area contributed by atoms with E-state index >= 15 is 0 Å². The van der Waals surface area contributed by atoms with Gasteiger partial charge in [-0.1, -0.05) is 95.4 Å². The Balaban J connectivity index is 3.05. The van der Waals surface area contributed by atoms with Gasteiger partial charge in [0.05, 0.1) is 3.74 Å². The van der Waals surface area contributed by atoms with Crippen LogP contribution >= 0.6 is 31.9 Å². The molecule has 0 aliphatic rings. The summed E-state index contributed by atoms with van der Waals surface area (Å²) in [6, 6.07) is 0. The molecule has 1 N–H and O–H groups in total. The Hall–Kier alpha value is 0.660. The van der Waals surface area contributed by atoms with Crippen LogP contribution in [0.15, 0.2) is 12.2 Å². The van der Waals surface area contributed by atoms with Gasteiger partial charge in [0.2, 0.25) is 0 Å². The topological polar surface area (TPSA) is 20.2 Å². The summed E-state index contributed by atoms with van der Waals surface area (Å²) in [5.74, 6) is 0. The van der Waals surface area contributed by atoms with Crippen LogP contribution in [0.1, 0.15) is 89.9 Å². The third-order valence-electron chi connectivity index (χ3n) is 3.74. The summed E-state index contributed by atoms with van der Waals surface area (Å²) in [7, 11) is 0. The Morgan fingerprint density at radius 1 is 0.619 bits per heavy atom. The number of alkyl halides is 2. The molecule has 0 spiro atoms. The maximum Gasteiger partial charge on any atom is 0.0697 e. The van der Waals surface area contributed by atoms with Crippen LogP contribution < -0.4 is 0 Å². The molecule has 0 aromatic heterocycles. The van der Waals surface area contributed by atoms with Gasteiger partial charge in [-0.05, 0) is 38.5 Å². The Bertz CT molecular complexity index is 217. The van der Waals surface area contributed by atoms with E-state index in [1.165, 1.54) is 83.5 Å². The molecule has 0 fully saturated rings. The molecular formula is C18H34Br2O. The number of halogens is 2. The first-order valence-electron chi connectivity index (χ1n) is 8.81. The van der Waals surface area contributed by atoms with Crippen LogP contribution in [0.4, 0.5) is 0 Å². The average Bonchev–Trinajstić information content (AvgIpc) is 2.46. The summed E-state index contributed by atoms with van der Waals surface area (Å²) in [5.41, 5.74) is 0. The van der Waals surface area contributed by atoms with E-state index in [-0.39, 0.29) is 0 Å². The third kappa shape index (κ3) is 20.7. The van der Waals surface area contributed by atoms with Gasteiger partial charge >= 0.3 is 0 Å². The van der Waals surface area contributed by atoms with E-state index in [4.69, 9.17) is 5.11 Å². The van der Waals surface area contributed by atoms with E-state index in [0.717, 1.165) is 6.42 Å². The highest BCUT2D eigenvalue weighted by Crippen LogP contribution is 2.17. The number of aliphatic hydroxyl groups excluding tert-OH is 1. The molecule has 1 nitrogen and oxygen atoms in total. The molecule has 0 aliphatic carbocycles. The number of allylic oxidation sites excluding steroid dienone is 2. The van der Waals surface area contributed by atoms with Crippen LogP contribution in [0, 0.1) is 0 Å². The highest BCUT2D eigenvalue weighted by Gasteiger charge is 1.96. The van der Waals surface area contributed by atoms with Gasteiger partial charge < -0.3 is 5.11 Å². The maximum atomic E-state index is 8.68. The second kappa shape index (κ2) is 18.7. The van der Waals surface area contributed by atoms with Crippen LogP contribution in [-0.4, -0.2) is 15.4 Å². The largest absolute Gasteiger partial charge is 0.396 e. The van der Waals surface area contributed by atoms with E-state index < -0.39 is 0 Å². The zero-order chi connectivity index (χ0) is 15.6. The number of hydrogen-bond acceptors (Lipinski definition) is 1. The van der Waals surface area contributed by atoms with Gasteiger partial charge in [0.25, 0.3) is 0 Å². The van der Waals surface area contributed by atoms with Crippen molar-refractivity contribution in [1.29, 1.82) is 0 Å². The Morgan fingerprint density at radius 2 is 1.05 bits per heavy atom. The van der Waals surface area contributed by atoms with Crippen molar-refractivity contribution in [3.63, 3.8) is 0 Å². The zero-order valence-electron chi connectivity index (χ0n) is 13.5. The van der Waals surface area contributed by atoms with Crippen molar-refractivity contribution in [3.05, 3.63) is 12.2 Å². The molecule has 0 aromatic rings. The molecule has 3 heteroatoms. The van der Waals surface area contributed by atoms with Gasteiger partial charge in [-0.15, -0.1) is 0 Å². The first kappa shape index (κ1) is 21.7. The molecule has 0 aliphatic heterocycles. The van der Waals surface area contributed by atoms with E-state index in [9.17, 15) is 0 Å². The minimum atomic E-state index is 0.357. The highest BCUT2D eigenvalue weighted by molar-refractivity contribution is 9.24. The standard InChI is InChI=1S/C18H34Br2O/c19-18(20)16-14-12-10-8-6-4-2-1-3-5-7-9-11-13-15-17-21/h1-2,18,21H,3-17H2/b2-1-. The molecule has 21 heavy (non-hydrogen) atoms. The Labute approximate surface area is 149 Å². The SMILES string of the molecule is OCCCCCCCC/C=C\CCCCCCCC(Br)Br. The normalized spacial score (nSPS) is 11.8. The highest BCUT2D eigenvalue weighted by atomic mass is 79.9. The van der Waals surface area contributed by atoms with Crippen molar-refractivity contribution in [2.24, 2.45) is 0 Å². The van der Waals surface area contributed by atoms with Gasteiger partial charge in [0.1, 0.15) is 0 Å². The van der Waals surface area contributed by atoms with Crippen molar-refractivity contribution in [3.8, 4) is 0 Å². The predicted molar refractivity (Wildman–Crippen MR) is 103 cm³/mol. The van der Waals surface area contributed by atoms with Crippen LogP contribution in [0.5, 0.6) is 0 Å². The summed E-state index contributed by atoms with van der Waals surface area (Å²) in [5, 5.41) is 8.68. The van der Waals surface area contributed by atoms with Crippen molar-refractivity contribution in [2.75, 3.05) is 6.61 Å². The van der Waals surface area contributed by atoms with E-state index in [1.54, 1.807) is 0 Å². The number of aliphatic hydroxyl groups is 1. The fourth-order valence-electron chi connectivity index (χ4n) is 2.41. The minimum absolute atomic E-state index is 0.357. The Kier molecular flexibility index (Phi) is 19.3. The van der Waals surface area contributed by atoms with Crippen LogP contribution in [-0.2, 0) is 0 Å². The molecule has 0 atom stereocenters. The molecular weight excluding hydrogens is 392 g/mol. The molecule has 0 unspecified atom stereocenters. The average molecular weight is 426 g/mol. The lowest BCUT2D eigenvalue weighted by Gasteiger charge is -2.01. The number of unbranched alkanes of at least 4 members (excludes halogenated alkanes) is 11. The minimum Gasteiger partial charge on any atom is -0.396 e. The summed E-state index contributed by atoms with van der Waals surface area (Å²) in [4.78, 5) is 0. The predicted octanol–water partition coefficient (Wildman–Crippen LogP) is 7.11. The summed E-state index contributed by atoms with van der Waals surface area (Å²) in [6.07, 6.45) is 22.8. The zero-order valence-corrected chi connectivity index (χ0v) is 16.7. The van der Waals surface area contributed by atoms with Crippen molar-refractivity contribution >= 4 is 31.9 Å². The van der Waals surface area contributed by atoms with Crippen LogP contribution in [0.25, 0.3) is 0 Å². The molecule has 0 radical (unpaired) electrons. The van der Waals surface area contributed by atoms with E-state index in [0.29, 0.717) is 10.3 Å². The van der Waals surface area contributed by atoms with Gasteiger partial charge in [-0.25, -0.2) is 0 Å². The summed E-state index contributed by atoms with van der Waals surface area (Å²) < 4.78 is 0.502. The molecule has 0 amide bonds. The fraction of sp³-hybridized carbons (Fsp3) is 0.889. The monoisotopic (exact) mass is 424 g/mol. The summed E-state index contributed by atoms with van der Waals surface area (Å²) in [6.45, 7) is 0.357. The lowest BCUT2D eigenvalue weighted by molar-refractivity contribution is 0.282. The number of hydrogen-bond donors (Lipinski definition) is 1. The Morgan fingerprint density at radius 3 is 1.52 bits per heavy atom. The second-order valence-electron chi connectivity index (χ2n) is 5.84. The molecule has 0 heterocycles. The first-order valence-corrected chi connectivity index (χ1v) is 10.6. The smallest absolute Gasteiger partial charge is 0.0697 e. The molecule has 0 aromatic carbocycles. The lowest BCUT2D eigenvalue weighted by atomic mass is 10.1. The van der Waals surface area contributed by atoms with Crippen molar-refractivity contribution in [1.82, 2.24) is 0 Å². The molecule has 0 saturated carbocycles. The molecule has 0 saturated heterocycles. The van der Waals surface area contributed by atoms with Crippen LogP contribution in [0.3, 0.4) is 0 Å². The van der Waals surface area contributed by atoms with Gasteiger partial charge in [0, 0.05) is 6.61 Å². The first-order chi connectivity index (χ1) is 10.3. The fourth-order valence-corrected chi connectivity index (χ4v) is 3.06. The van der Waals surface area contributed by atoms with Gasteiger partial charge in [-0.2, -0.15) is 0 Å². The molecule has 0 bridgehead atoms. The maximum absolute atomic E-state index is 8.68. The van der Waals surface area contributed by atoms with Crippen molar-refractivity contribution < 1.29 is 5.11 Å². The molecule has 0 rings (SSSR count). The second-order valence-corrected chi connectivity index (χ2v) is 9.28. The third-order valence-corrected chi connectivity index (χ3v) is 4.65. The lowest BCUT2D eigenvalue weighted by Crippen LogP contribution is -1.85. The molecule has 126 valence electrons. The van der Waals surface area contributed by atoms with Crippen molar-refractivity contribution in [2.45, 2.75) is 93.6 Å². The number of rotatable bonds is 16. The van der Waals surface area contributed by atoms with Gasteiger partial charge in [0.15, 0.2) is 0 Å². The van der Waals surface area contributed by atoms with E-state index in [2.05, 4.69) is 44.0 Å².